The van der Waals surface area contributed by atoms with Crippen LogP contribution >= 0.6 is 0 Å². The predicted octanol–water partition coefficient (Wildman–Crippen LogP) is 3.66. The number of ether oxygens (including phenoxy) is 1. The third-order valence-corrected chi connectivity index (χ3v) is 4.27. The lowest BCUT2D eigenvalue weighted by Gasteiger charge is -2.34. The van der Waals surface area contributed by atoms with Crippen LogP contribution in [-0.2, 0) is 9.53 Å². The van der Waals surface area contributed by atoms with E-state index < -0.39 is 23.7 Å². The van der Waals surface area contributed by atoms with Gasteiger partial charge in [0.15, 0.2) is 0 Å². The van der Waals surface area contributed by atoms with Crippen molar-refractivity contribution in [2.24, 2.45) is 0 Å². The molecule has 0 fully saturated rings. The quantitative estimate of drug-likeness (QED) is 0.870. The maximum absolute atomic E-state index is 13.8. The molecular weight excluding hydrogens is 321 g/mol. The largest absolute Gasteiger partial charge is 0.464 e. The van der Waals surface area contributed by atoms with Gasteiger partial charge < -0.3 is 9.84 Å². The van der Waals surface area contributed by atoms with Crippen LogP contribution in [0.4, 0.5) is 13.2 Å². The molecule has 126 valence electrons. The molecule has 2 aromatic rings. The molecule has 3 rings (SSSR count). The van der Waals surface area contributed by atoms with Gasteiger partial charge in [-0.2, -0.15) is 13.2 Å². The summed E-state index contributed by atoms with van der Waals surface area (Å²) < 4.78 is 45.9. The summed E-state index contributed by atoms with van der Waals surface area (Å²) in [6.45, 7) is 1.14. The van der Waals surface area contributed by atoms with E-state index in [0.29, 0.717) is 11.1 Å². The van der Waals surface area contributed by atoms with Crippen LogP contribution < -0.4 is 0 Å². The fourth-order valence-electron chi connectivity index (χ4n) is 3.24. The van der Waals surface area contributed by atoms with E-state index in [0.717, 1.165) is 0 Å². The number of aliphatic hydroxyl groups is 1. The Morgan fingerprint density at radius 3 is 1.92 bits per heavy atom. The average molecular weight is 336 g/mol. The Kier molecular flexibility index (Phi) is 3.87. The van der Waals surface area contributed by atoms with Crippen molar-refractivity contribution >= 4 is 5.97 Å². The van der Waals surface area contributed by atoms with Crippen LogP contribution in [0.15, 0.2) is 48.5 Å². The second kappa shape index (κ2) is 5.63. The molecule has 2 aromatic carbocycles. The van der Waals surface area contributed by atoms with E-state index in [4.69, 9.17) is 0 Å². The molecule has 1 aliphatic rings. The summed E-state index contributed by atoms with van der Waals surface area (Å²) >= 11 is 0. The predicted molar refractivity (Wildman–Crippen MR) is 81.4 cm³/mol. The minimum absolute atomic E-state index is 0.256. The Bertz CT molecular complexity index is 740. The normalized spacial score (nSPS) is 16.2. The highest BCUT2D eigenvalue weighted by Crippen LogP contribution is 2.54. The molecule has 0 saturated heterocycles. The van der Waals surface area contributed by atoms with Crippen molar-refractivity contribution in [3.05, 3.63) is 59.7 Å². The maximum Gasteiger partial charge on any atom is 0.429 e. The van der Waals surface area contributed by atoms with E-state index in [1.165, 1.54) is 19.1 Å². The highest BCUT2D eigenvalue weighted by molar-refractivity contribution is 5.88. The van der Waals surface area contributed by atoms with Crippen LogP contribution in [-0.4, -0.2) is 29.5 Å². The molecule has 1 unspecified atom stereocenters. The lowest BCUT2D eigenvalue weighted by Crippen LogP contribution is -2.57. The summed E-state index contributed by atoms with van der Waals surface area (Å²) in [5.41, 5.74) is -1.99. The van der Waals surface area contributed by atoms with Crippen LogP contribution in [0.2, 0.25) is 0 Å². The Balaban J connectivity index is 2.27. The standard InChI is InChI=1S/C18H15F3O3/c1-2-24-16(22)17(23,18(19,20)21)15-13-9-5-3-7-11(13)12-8-4-6-10-14(12)15/h3-10,15,23H,2H2,1H3. The van der Waals surface area contributed by atoms with Crippen LogP contribution in [0.5, 0.6) is 0 Å². The molecule has 6 heteroatoms. The molecule has 1 aliphatic carbocycles. The number of carbonyl (C=O) groups is 1. The maximum atomic E-state index is 13.8. The number of hydrogen-bond donors (Lipinski definition) is 1. The van der Waals surface area contributed by atoms with Crippen molar-refractivity contribution < 1.29 is 27.8 Å². The first-order chi connectivity index (χ1) is 11.3. The topological polar surface area (TPSA) is 46.5 Å². The minimum atomic E-state index is -5.19. The minimum Gasteiger partial charge on any atom is -0.464 e. The first-order valence-corrected chi connectivity index (χ1v) is 7.47. The highest BCUT2D eigenvalue weighted by Gasteiger charge is 2.67. The van der Waals surface area contributed by atoms with Gasteiger partial charge in [-0.25, -0.2) is 4.79 Å². The zero-order valence-corrected chi connectivity index (χ0v) is 12.8. The summed E-state index contributed by atoms with van der Waals surface area (Å²) in [4.78, 5) is 12.1. The van der Waals surface area contributed by atoms with E-state index in [9.17, 15) is 23.1 Å². The first kappa shape index (κ1) is 16.5. The average Bonchev–Trinajstić information content (AvgIpc) is 2.88. The van der Waals surface area contributed by atoms with Crippen molar-refractivity contribution in [3.63, 3.8) is 0 Å². The van der Waals surface area contributed by atoms with Gasteiger partial charge in [0.05, 0.1) is 12.5 Å². The fraction of sp³-hybridized carbons (Fsp3) is 0.278. The van der Waals surface area contributed by atoms with Gasteiger partial charge in [0.25, 0.3) is 5.60 Å². The molecule has 24 heavy (non-hydrogen) atoms. The Hall–Kier alpha value is -2.34. The zero-order chi connectivity index (χ0) is 17.5. The number of halogens is 3. The lowest BCUT2D eigenvalue weighted by atomic mass is 9.79. The van der Waals surface area contributed by atoms with Gasteiger partial charge in [-0.15, -0.1) is 0 Å². The van der Waals surface area contributed by atoms with Gasteiger partial charge in [-0.1, -0.05) is 48.5 Å². The summed E-state index contributed by atoms with van der Waals surface area (Å²) in [5, 5.41) is 10.5. The highest BCUT2D eigenvalue weighted by atomic mass is 19.4. The molecule has 0 aliphatic heterocycles. The van der Waals surface area contributed by atoms with Crippen molar-refractivity contribution in [1.82, 2.24) is 0 Å². The zero-order valence-electron chi connectivity index (χ0n) is 12.8. The Morgan fingerprint density at radius 2 is 1.50 bits per heavy atom. The van der Waals surface area contributed by atoms with Crippen molar-refractivity contribution in [2.45, 2.75) is 24.6 Å². The summed E-state index contributed by atoms with van der Waals surface area (Å²) in [6.07, 6.45) is -5.19. The first-order valence-electron chi connectivity index (χ1n) is 7.47. The molecule has 0 radical (unpaired) electrons. The molecule has 3 nitrogen and oxygen atoms in total. The van der Waals surface area contributed by atoms with Crippen molar-refractivity contribution in [3.8, 4) is 11.1 Å². The van der Waals surface area contributed by atoms with Crippen LogP contribution in [0.1, 0.15) is 24.0 Å². The summed E-state index contributed by atoms with van der Waals surface area (Å²) in [7, 11) is 0. The van der Waals surface area contributed by atoms with Gasteiger partial charge in [-0.3, -0.25) is 0 Å². The molecule has 0 amide bonds. The molecule has 0 aromatic heterocycles. The van der Waals surface area contributed by atoms with E-state index in [2.05, 4.69) is 4.74 Å². The van der Waals surface area contributed by atoms with Gasteiger partial charge in [-0.05, 0) is 29.2 Å². The molecule has 1 N–H and O–H groups in total. The van der Waals surface area contributed by atoms with Gasteiger partial charge in [0, 0.05) is 0 Å². The fourth-order valence-corrected chi connectivity index (χ4v) is 3.24. The second-order valence-electron chi connectivity index (χ2n) is 5.59. The van der Waals surface area contributed by atoms with Crippen molar-refractivity contribution in [1.29, 1.82) is 0 Å². The van der Waals surface area contributed by atoms with Crippen LogP contribution in [0.3, 0.4) is 0 Å². The molecule has 0 bridgehead atoms. The van der Waals surface area contributed by atoms with Crippen LogP contribution in [0, 0.1) is 0 Å². The van der Waals surface area contributed by atoms with Gasteiger partial charge in [0.1, 0.15) is 0 Å². The van der Waals surface area contributed by atoms with Gasteiger partial charge in [0.2, 0.25) is 0 Å². The monoisotopic (exact) mass is 336 g/mol. The Morgan fingerprint density at radius 1 is 1.04 bits per heavy atom. The van der Waals surface area contributed by atoms with E-state index >= 15 is 0 Å². The molecule has 1 atom stereocenters. The number of hydrogen-bond acceptors (Lipinski definition) is 3. The molecule has 0 spiro atoms. The Labute approximate surface area is 136 Å². The molecule has 0 saturated carbocycles. The lowest BCUT2D eigenvalue weighted by molar-refractivity contribution is -0.266. The molecule has 0 heterocycles. The van der Waals surface area contributed by atoms with E-state index in [1.807, 2.05) is 0 Å². The smallest absolute Gasteiger partial charge is 0.429 e. The number of benzene rings is 2. The van der Waals surface area contributed by atoms with E-state index in [-0.39, 0.29) is 17.7 Å². The number of fused-ring (bicyclic) bond motifs is 3. The van der Waals surface area contributed by atoms with Gasteiger partial charge >= 0.3 is 12.1 Å². The summed E-state index contributed by atoms with van der Waals surface area (Å²) in [5.74, 6) is -3.25. The number of carbonyl (C=O) groups excluding carboxylic acids is 1. The number of alkyl halides is 3. The summed E-state index contributed by atoms with van der Waals surface area (Å²) in [6, 6.07) is 12.9. The van der Waals surface area contributed by atoms with E-state index in [1.54, 1.807) is 36.4 Å². The SMILES string of the molecule is CCOC(=O)C(O)(C1c2ccccc2-c2ccccc21)C(F)(F)F. The van der Waals surface area contributed by atoms with Crippen molar-refractivity contribution in [2.75, 3.05) is 6.61 Å². The third-order valence-electron chi connectivity index (χ3n) is 4.27. The second-order valence-corrected chi connectivity index (χ2v) is 5.59. The number of esters is 1. The third kappa shape index (κ3) is 2.21. The number of rotatable bonds is 3. The van der Waals surface area contributed by atoms with Crippen LogP contribution in [0.25, 0.3) is 11.1 Å². The molecular formula is C18H15F3O3.